The fourth-order valence-corrected chi connectivity index (χ4v) is 3.82. The van der Waals surface area contributed by atoms with Crippen LogP contribution in [0.3, 0.4) is 0 Å². The van der Waals surface area contributed by atoms with Gasteiger partial charge in [0.2, 0.25) is 0 Å². The van der Waals surface area contributed by atoms with Crippen LogP contribution in [-0.2, 0) is 25.5 Å². The number of esters is 2. The number of ether oxygens (including phenoxy) is 2. The molecule has 0 amide bonds. The summed E-state index contributed by atoms with van der Waals surface area (Å²) < 4.78 is 11.2. The van der Waals surface area contributed by atoms with Crippen LogP contribution in [0.5, 0.6) is 0 Å². The number of hydrogen-bond donors (Lipinski definition) is 0. The van der Waals surface area contributed by atoms with Crippen LogP contribution >= 0.6 is 0 Å². The van der Waals surface area contributed by atoms with E-state index in [-0.39, 0.29) is 5.97 Å². The maximum Gasteiger partial charge on any atom is 0.331 e. The molecule has 0 fully saturated rings. The van der Waals surface area contributed by atoms with Crippen LogP contribution < -0.4 is 0 Å². The van der Waals surface area contributed by atoms with Crippen LogP contribution in [0.15, 0.2) is 66.7 Å². The third-order valence-corrected chi connectivity index (χ3v) is 4.94. The van der Waals surface area contributed by atoms with Crippen molar-refractivity contribution in [3.8, 4) is 0 Å². The molecule has 4 heteroatoms. The third-order valence-electron chi connectivity index (χ3n) is 4.94. The Kier molecular flexibility index (Phi) is 6.73. The predicted octanol–water partition coefficient (Wildman–Crippen LogP) is 6.01. The molecule has 0 spiro atoms. The minimum Gasteiger partial charge on any atom is -0.459 e. The van der Waals surface area contributed by atoms with Crippen LogP contribution in [0.25, 0.3) is 11.1 Å². The van der Waals surface area contributed by atoms with Crippen LogP contribution in [0.1, 0.15) is 58.2 Å². The standard InChI is InChI=1S/C28H32O4/c1-27(2,3)31-24(29)17-16-22(19-12-8-7-9-13-19)25-21-15-11-10-14-20(21)18-23(25)26(30)32-28(4,5)6/h7-17,23H,18H2,1-6H3/b17-16+,25-22+/t23-/m1/s1. The first-order valence-corrected chi connectivity index (χ1v) is 11.0. The minimum absolute atomic E-state index is 0.261. The lowest BCUT2D eigenvalue weighted by atomic mass is 9.90. The van der Waals surface area contributed by atoms with Crippen LogP contribution in [-0.4, -0.2) is 23.1 Å². The van der Waals surface area contributed by atoms with Gasteiger partial charge in [-0.05, 0) is 81.9 Å². The van der Waals surface area contributed by atoms with E-state index in [2.05, 4.69) is 0 Å². The number of benzene rings is 2. The molecule has 32 heavy (non-hydrogen) atoms. The second-order valence-corrected chi connectivity index (χ2v) is 10.0. The Hall–Kier alpha value is -3.14. The highest BCUT2D eigenvalue weighted by molar-refractivity contribution is 6.06. The number of hydrogen-bond acceptors (Lipinski definition) is 4. The Bertz CT molecular complexity index is 1050. The van der Waals surface area contributed by atoms with E-state index >= 15 is 0 Å². The zero-order valence-corrected chi connectivity index (χ0v) is 19.8. The summed E-state index contributed by atoms with van der Waals surface area (Å²) in [5.41, 5.74) is 3.55. The molecular weight excluding hydrogens is 400 g/mol. The quantitative estimate of drug-likeness (QED) is 0.439. The fourth-order valence-electron chi connectivity index (χ4n) is 3.82. The molecule has 2 aromatic carbocycles. The van der Waals surface area contributed by atoms with Crippen molar-refractivity contribution in [2.45, 2.75) is 59.2 Å². The van der Waals surface area contributed by atoms with Crippen LogP contribution in [0, 0.1) is 5.92 Å². The van der Waals surface area contributed by atoms with E-state index in [1.807, 2.05) is 96.1 Å². The lowest BCUT2D eigenvalue weighted by Crippen LogP contribution is -2.29. The van der Waals surface area contributed by atoms with Crippen molar-refractivity contribution in [1.29, 1.82) is 0 Å². The zero-order chi connectivity index (χ0) is 23.5. The average molecular weight is 433 g/mol. The summed E-state index contributed by atoms with van der Waals surface area (Å²) in [5, 5.41) is 0. The van der Waals surface area contributed by atoms with Crippen molar-refractivity contribution in [1.82, 2.24) is 0 Å². The second kappa shape index (κ2) is 9.15. The second-order valence-electron chi connectivity index (χ2n) is 10.0. The highest BCUT2D eigenvalue weighted by Crippen LogP contribution is 2.43. The van der Waals surface area contributed by atoms with Gasteiger partial charge in [-0.2, -0.15) is 0 Å². The van der Waals surface area contributed by atoms with Gasteiger partial charge in [-0.1, -0.05) is 54.6 Å². The molecule has 1 aliphatic rings. The largest absolute Gasteiger partial charge is 0.459 e. The average Bonchev–Trinajstić information content (AvgIpc) is 3.06. The molecule has 0 aliphatic heterocycles. The van der Waals surface area contributed by atoms with Crippen molar-refractivity contribution in [2.75, 3.05) is 0 Å². The summed E-state index contributed by atoms with van der Waals surface area (Å²) in [7, 11) is 0. The number of carbonyl (C=O) groups is 2. The SMILES string of the molecule is CC(C)(C)OC(=O)/C=C/C(=C1/c2ccccc2C[C@H]1C(=O)OC(C)(C)C)c1ccccc1. The molecular formula is C28H32O4. The van der Waals surface area contributed by atoms with E-state index in [1.54, 1.807) is 6.08 Å². The monoisotopic (exact) mass is 432 g/mol. The molecule has 1 aliphatic carbocycles. The topological polar surface area (TPSA) is 52.6 Å². The van der Waals surface area contributed by atoms with E-state index in [9.17, 15) is 9.59 Å². The summed E-state index contributed by atoms with van der Waals surface area (Å²) in [6, 6.07) is 17.8. The van der Waals surface area contributed by atoms with Gasteiger partial charge in [0.15, 0.2) is 0 Å². The Labute approximate surface area is 190 Å². The molecule has 0 heterocycles. The molecule has 0 bridgehead atoms. The van der Waals surface area contributed by atoms with E-state index in [0.717, 1.165) is 27.8 Å². The molecule has 0 N–H and O–H groups in total. The van der Waals surface area contributed by atoms with Crippen LogP contribution in [0.2, 0.25) is 0 Å². The van der Waals surface area contributed by atoms with Gasteiger partial charge in [0.1, 0.15) is 11.2 Å². The molecule has 4 nitrogen and oxygen atoms in total. The summed E-state index contributed by atoms with van der Waals surface area (Å²) in [5.74, 6) is -1.14. The summed E-state index contributed by atoms with van der Waals surface area (Å²) in [6.07, 6.45) is 3.77. The molecule has 0 unspecified atom stereocenters. The molecule has 1 atom stereocenters. The van der Waals surface area contributed by atoms with Gasteiger partial charge in [0.25, 0.3) is 0 Å². The van der Waals surface area contributed by atoms with E-state index < -0.39 is 23.1 Å². The lowest BCUT2D eigenvalue weighted by molar-refractivity contribution is -0.157. The molecule has 0 saturated heterocycles. The summed E-state index contributed by atoms with van der Waals surface area (Å²) in [4.78, 5) is 25.7. The number of allylic oxidation sites excluding steroid dienone is 2. The van der Waals surface area contributed by atoms with E-state index in [0.29, 0.717) is 6.42 Å². The van der Waals surface area contributed by atoms with Crippen molar-refractivity contribution >= 4 is 23.1 Å². The Morgan fingerprint density at radius 3 is 2.03 bits per heavy atom. The van der Waals surface area contributed by atoms with Gasteiger partial charge in [-0.3, -0.25) is 4.79 Å². The molecule has 0 saturated carbocycles. The number of fused-ring (bicyclic) bond motifs is 1. The molecule has 168 valence electrons. The summed E-state index contributed by atoms with van der Waals surface area (Å²) >= 11 is 0. The van der Waals surface area contributed by atoms with Crippen LogP contribution in [0.4, 0.5) is 0 Å². The van der Waals surface area contributed by atoms with Gasteiger partial charge in [0, 0.05) is 6.08 Å². The maximum absolute atomic E-state index is 13.2. The zero-order valence-electron chi connectivity index (χ0n) is 19.8. The Balaban J connectivity index is 2.16. The normalized spacial score (nSPS) is 17.8. The van der Waals surface area contributed by atoms with E-state index in [4.69, 9.17) is 9.47 Å². The first kappa shape index (κ1) is 23.5. The van der Waals surface area contributed by atoms with Crippen molar-refractivity contribution in [3.05, 3.63) is 83.4 Å². The van der Waals surface area contributed by atoms with E-state index in [1.165, 1.54) is 6.08 Å². The first-order chi connectivity index (χ1) is 14.9. The maximum atomic E-state index is 13.2. The number of carbonyl (C=O) groups excluding carboxylic acids is 2. The highest BCUT2D eigenvalue weighted by atomic mass is 16.6. The lowest BCUT2D eigenvalue weighted by Gasteiger charge is -2.24. The van der Waals surface area contributed by atoms with Gasteiger partial charge in [-0.15, -0.1) is 0 Å². The molecule has 0 radical (unpaired) electrons. The van der Waals surface area contributed by atoms with Crippen molar-refractivity contribution in [2.24, 2.45) is 5.92 Å². The third kappa shape index (κ3) is 5.97. The van der Waals surface area contributed by atoms with Gasteiger partial charge >= 0.3 is 11.9 Å². The number of rotatable bonds is 4. The predicted molar refractivity (Wildman–Crippen MR) is 128 cm³/mol. The molecule has 0 aromatic heterocycles. The van der Waals surface area contributed by atoms with Gasteiger partial charge in [0.05, 0.1) is 5.92 Å². The smallest absolute Gasteiger partial charge is 0.331 e. The Morgan fingerprint density at radius 1 is 0.812 bits per heavy atom. The van der Waals surface area contributed by atoms with Gasteiger partial charge in [-0.25, -0.2) is 4.79 Å². The Morgan fingerprint density at radius 2 is 1.41 bits per heavy atom. The van der Waals surface area contributed by atoms with Crippen molar-refractivity contribution in [3.63, 3.8) is 0 Å². The van der Waals surface area contributed by atoms with Gasteiger partial charge < -0.3 is 9.47 Å². The fraction of sp³-hybridized carbons (Fsp3) is 0.357. The molecule has 3 rings (SSSR count). The summed E-state index contributed by atoms with van der Waals surface area (Å²) in [6.45, 7) is 11.1. The molecule has 2 aromatic rings. The highest BCUT2D eigenvalue weighted by Gasteiger charge is 2.37. The minimum atomic E-state index is -0.587. The first-order valence-electron chi connectivity index (χ1n) is 11.0. The van der Waals surface area contributed by atoms with Crippen molar-refractivity contribution < 1.29 is 19.1 Å².